The third-order valence-corrected chi connectivity index (χ3v) is 5.08. The predicted molar refractivity (Wildman–Crippen MR) is 111 cm³/mol. The van der Waals surface area contributed by atoms with Gasteiger partial charge in [-0.25, -0.2) is 14.6 Å². The second kappa shape index (κ2) is 13.2. The van der Waals surface area contributed by atoms with E-state index in [2.05, 4.69) is 45.6 Å². The molecule has 1 aliphatic rings. The second-order valence-electron chi connectivity index (χ2n) is 7.48. The molecule has 1 saturated heterocycles. The van der Waals surface area contributed by atoms with E-state index < -0.39 is 24.3 Å². The Morgan fingerprint density at radius 3 is 2.09 bits per heavy atom. The number of halogens is 6. The van der Waals surface area contributed by atoms with Gasteiger partial charge in [-0.05, 0) is 44.4 Å². The molecule has 1 aromatic heterocycles. The van der Waals surface area contributed by atoms with Gasteiger partial charge in [0.05, 0.1) is 17.4 Å². The molecule has 1 aliphatic heterocycles. The Balaban J connectivity index is 0.000000343. The van der Waals surface area contributed by atoms with Gasteiger partial charge in [-0.1, -0.05) is 25.5 Å². The monoisotopic (exact) mass is 499 g/mol. The molecular formula is C21H27F6N3O4. The van der Waals surface area contributed by atoms with Crippen LogP contribution in [-0.2, 0) is 16.1 Å². The summed E-state index contributed by atoms with van der Waals surface area (Å²) in [7, 11) is 0. The fourth-order valence-electron chi connectivity index (χ4n) is 3.45. The van der Waals surface area contributed by atoms with Crippen LogP contribution in [0.15, 0.2) is 30.6 Å². The first-order chi connectivity index (χ1) is 15.8. The molecule has 2 aromatic rings. The molecule has 13 heteroatoms. The maximum atomic E-state index is 10.6. The molecule has 7 nitrogen and oxygen atoms in total. The van der Waals surface area contributed by atoms with Crippen molar-refractivity contribution in [2.75, 3.05) is 13.1 Å². The third kappa shape index (κ3) is 9.98. The number of benzene rings is 1. The predicted octanol–water partition coefficient (Wildman–Crippen LogP) is 4.96. The van der Waals surface area contributed by atoms with Crippen LogP contribution in [-0.4, -0.2) is 68.1 Å². The Labute approximate surface area is 192 Å². The highest BCUT2D eigenvalue weighted by Crippen LogP contribution is 2.20. The molecule has 0 radical (unpaired) electrons. The lowest BCUT2D eigenvalue weighted by molar-refractivity contribution is -0.193. The summed E-state index contributed by atoms with van der Waals surface area (Å²) in [5.41, 5.74) is 2.37. The number of fused-ring (bicyclic) bond motifs is 1. The number of aliphatic carboxylic acids is 2. The number of para-hydroxylation sites is 2. The normalized spacial score (nSPS) is 16.7. The van der Waals surface area contributed by atoms with E-state index in [-0.39, 0.29) is 0 Å². The van der Waals surface area contributed by atoms with Crippen LogP contribution in [0.2, 0.25) is 0 Å². The molecule has 0 spiro atoms. The van der Waals surface area contributed by atoms with Crippen LogP contribution >= 0.6 is 0 Å². The summed E-state index contributed by atoms with van der Waals surface area (Å²) in [5.74, 6) is -5.51. The van der Waals surface area contributed by atoms with E-state index in [0.29, 0.717) is 0 Å². The number of hydrogen-bond donors (Lipinski definition) is 2. The van der Waals surface area contributed by atoms with Crippen LogP contribution in [0.5, 0.6) is 0 Å². The van der Waals surface area contributed by atoms with Gasteiger partial charge in [0.25, 0.3) is 0 Å². The highest BCUT2D eigenvalue weighted by Gasteiger charge is 2.38. The first-order valence-corrected chi connectivity index (χ1v) is 10.5. The highest BCUT2D eigenvalue weighted by atomic mass is 19.4. The van der Waals surface area contributed by atoms with Crippen molar-refractivity contribution in [3.63, 3.8) is 0 Å². The van der Waals surface area contributed by atoms with Crippen LogP contribution in [0.25, 0.3) is 11.0 Å². The van der Waals surface area contributed by atoms with Crippen LogP contribution in [0.1, 0.15) is 39.0 Å². The number of aryl methyl sites for hydroxylation is 1. The number of nitrogens with zero attached hydrogens (tertiary/aromatic N) is 3. The number of carboxylic acids is 2. The fraction of sp³-hybridized carbons (Fsp3) is 0.571. The van der Waals surface area contributed by atoms with E-state index >= 15 is 0 Å². The molecular weight excluding hydrogens is 472 g/mol. The topological polar surface area (TPSA) is 95.7 Å². The van der Waals surface area contributed by atoms with Gasteiger partial charge in [-0.3, -0.25) is 0 Å². The Kier molecular flexibility index (Phi) is 11.3. The third-order valence-electron chi connectivity index (χ3n) is 5.08. The van der Waals surface area contributed by atoms with Crippen LogP contribution in [0, 0.1) is 0 Å². The van der Waals surface area contributed by atoms with Gasteiger partial charge in [0.2, 0.25) is 0 Å². The number of alkyl halides is 6. The lowest BCUT2D eigenvalue weighted by atomic mass is 10.00. The minimum absolute atomic E-state index is 0.822. The molecule has 0 amide bonds. The van der Waals surface area contributed by atoms with Crippen molar-refractivity contribution in [2.24, 2.45) is 0 Å². The zero-order valence-corrected chi connectivity index (χ0v) is 18.4. The summed E-state index contributed by atoms with van der Waals surface area (Å²) >= 11 is 0. The number of likely N-dealkylation sites (tertiary alicyclic amines) is 1. The maximum Gasteiger partial charge on any atom is 0.490 e. The van der Waals surface area contributed by atoms with Gasteiger partial charge in [0.15, 0.2) is 0 Å². The Bertz CT molecular complexity index is 890. The molecule has 0 saturated carbocycles. The van der Waals surface area contributed by atoms with Gasteiger partial charge in [-0.2, -0.15) is 26.3 Å². The van der Waals surface area contributed by atoms with Crippen molar-refractivity contribution in [2.45, 2.75) is 64.0 Å². The van der Waals surface area contributed by atoms with Gasteiger partial charge < -0.3 is 19.7 Å². The number of hydrogen-bond acceptors (Lipinski definition) is 4. The second-order valence-corrected chi connectivity index (χ2v) is 7.48. The molecule has 1 atom stereocenters. The number of rotatable bonds is 5. The summed E-state index contributed by atoms with van der Waals surface area (Å²) < 4.78 is 65.8. The van der Waals surface area contributed by atoms with Crippen molar-refractivity contribution < 1.29 is 46.1 Å². The van der Waals surface area contributed by atoms with E-state index in [4.69, 9.17) is 19.8 Å². The Morgan fingerprint density at radius 1 is 1.00 bits per heavy atom. The van der Waals surface area contributed by atoms with Crippen LogP contribution in [0.4, 0.5) is 26.3 Å². The smallest absolute Gasteiger partial charge is 0.475 e. The molecule has 192 valence electrons. The lowest BCUT2D eigenvalue weighted by Crippen LogP contribution is -2.39. The molecule has 2 N–H and O–H groups in total. The standard InChI is InChI=1S/C17H25N3.2C2HF3O2/c1-2-15-8-5-6-11-19(15)12-7-13-20-14-18-16-9-3-4-10-17(16)20;2*3-2(4,5)1(6)7/h3-4,9-10,14-15H,2,5-8,11-13H2,1H3;2*(H,6,7). The molecule has 3 rings (SSSR count). The van der Waals surface area contributed by atoms with Crippen molar-refractivity contribution in [1.82, 2.24) is 14.5 Å². The van der Waals surface area contributed by atoms with Crippen molar-refractivity contribution >= 4 is 23.0 Å². The zero-order valence-electron chi connectivity index (χ0n) is 18.4. The van der Waals surface area contributed by atoms with Crippen molar-refractivity contribution in [1.29, 1.82) is 0 Å². The van der Waals surface area contributed by atoms with E-state index in [0.717, 1.165) is 18.1 Å². The highest BCUT2D eigenvalue weighted by molar-refractivity contribution is 5.75. The van der Waals surface area contributed by atoms with Gasteiger partial charge in [0, 0.05) is 19.1 Å². The van der Waals surface area contributed by atoms with Crippen LogP contribution < -0.4 is 0 Å². The van der Waals surface area contributed by atoms with E-state index in [1.165, 1.54) is 50.7 Å². The number of imidazole rings is 1. The van der Waals surface area contributed by atoms with E-state index in [9.17, 15) is 26.3 Å². The molecule has 34 heavy (non-hydrogen) atoms. The average Bonchev–Trinajstić information content (AvgIpc) is 3.17. The van der Waals surface area contributed by atoms with Gasteiger partial charge in [0.1, 0.15) is 0 Å². The zero-order chi connectivity index (χ0) is 25.9. The quantitative estimate of drug-likeness (QED) is 0.565. The van der Waals surface area contributed by atoms with E-state index in [1.54, 1.807) is 0 Å². The Hall–Kier alpha value is -2.83. The lowest BCUT2D eigenvalue weighted by Gasteiger charge is -2.35. The van der Waals surface area contributed by atoms with Crippen molar-refractivity contribution in [3.05, 3.63) is 30.6 Å². The SMILES string of the molecule is CCC1CCCCN1CCCn1cnc2ccccc21.O=C(O)C(F)(F)F.O=C(O)C(F)(F)F. The number of carbonyl (C=O) groups is 2. The molecule has 1 aromatic carbocycles. The molecule has 2 heterocycles. The summed E-state index contributed by atoms with van der Waals surface area (Å²) in [6.45, 7) is 5.92. The number of piperidine rings is 1. The molecule has 0 bridgehead atoms. The number of aromatic nitrogens is 2. The average molecular weight is 499 g/mol. The largest absolute Gasteiger partial charge is 0.490 e. The Morgan fingerprint density at radius 2 is 1.56 bits per heavy atom. The van der Waals surface area contributed by atoms with Crippen molar-refractivity contribution in [3.8, 4) is 0 Å². The summed E-state index contributed by atoms with van der Waals surface area (Å²) in [6, 6.07) is 9.22. The molecule has 0 aliphatic carbocycles. The van der Waals surface area contributed by atoms with Gasteiger partial charge in [-0.15, -0.1) is 0 Å². The first kappa shape index (κ1) is 29.2. The maximum absolute atomic E-state index is 10.6. The fourth-order valence-corrected chi connectivity index (χ4v) is 3.45. The summed E-state index contributed by atoms with van der Waals surface area (Å²) in [4.78, 5) is 25.0. The van der Waals surface area contributed by atoms with Gasteiger partial charge >= 0.3 is 24.3 Å². The molecule has 1 fully saturated rings. The minimum atomic E-state index is -5.08. The van der Waals surface area contributed by atoms with E-state index in [1.807, 2.05) is 6.33 Å². The summed E-state index contributed by atoms with van der Waals surface area (Å²) in [5, 5.41) is 14.2. The minimum Gasteiger partial charge on any atom is -0.475 e. The molecule has 1 unspecified atom stereocenters. The first-order valence-electron chi connectivity index (χ1n) is 10.5. The van der Waals surface area contributed by atoms with Crippen LogP contribution in [0.3, 0.4) is 0 Å². The number of carboxylic acid groups (broad SMARTS) is 2. The summed E-state index contributed by atoms with van der Waals surface area (Å²) in [6.07, 6.45) is -1.47.